The summed E-state index contributed by atoms with van der Waals surface area (Å²) in [4.78, 5) is 27.6. The molecule has 5 heteroatoms. The normalized spacial score (nSPS) is 21.1. The third-order valence-corrected chi connectivity index (χ3v) is 5.78. The van der Waals surface area contributed by atoms with Crippen molar-refractivity contribution in [3.05, 3.63) is 35.4 Å². The first-order valence-electron chi connectivity index (χ1n) is 9.24. The number of amides is 1. The topological polar surface area (TPSA) is 72.6 Å². The van der Waals surface area contributed by atoms with Crippen LogP contribution in [0.4, 0.5) is 0 Å². The molecular formula is C20H28N2O3. The molecule has 25 heavy (non-hydrogen) atoms. The molecule has 3 rings (SSSR count). The quantitative estimate of drug-likeness (QED) is 0.850. The molecule has 1 aromatic rings. The first kappa shape index (κ1) is 18.1. The number of Topliss-reactive ketones (excluding diaryl/α,β-unsaturated/α-hetero) is 1. The summed E-state index contributed by atoms with van der Waals surface area (Å²) in [7, 11) is 0. The summed E-state index contributed by atoms with van der Waals surface area (Å²) in [6.07, 6.45) is 2.86. The van der Waals surface area contributed by atoms with Crippen LogP contribution < -0.4 is 5.73 Å². The molecule has 0 radical (unpaired) electrons. The maximum absolute atomic E-state index is 13.0. The van der Waals surface area contributed by atoms with Gasteiger partial charge < -0.3 is 15.4 Å². The second-order valence-corrected chi connectivity index (χ2v) is 7.39. The predicted molar refractivity (Wildman–Crippen MR) is 96.4 cm³/mol. The fourth-order valence-electron chi connectivity index (χ4n) is 3.90. The van der Waals surface area contributed by atoms with Gasteiger partial charge in [-0.3, -0.25) is 9.59 Å². The Morgan fingerprint density at radius 3 is 2.32 bits per heavy atom. The van der Waals surface area contributed by atoms with Crippen molar-refractivity contribution in [1.82, 2.24) is 4.90 Å². The monoisotopic (exact) mass is 344 g/mol. The number of hydrogen-bond acceptors (Lipinski definition) is 4. The van der Waals surface area contributed by atoms with Crippen LogP contribution >= 0.6 is 0 Å². The highest BCUT2D eigenvalue weighted by Crippen LogP contribution is 2.33. The summed E-state index contributed by atoms with van der Waals surface area (Å²) in [5, 5.41) is 0. The standard InChI is InChI=1S/C20H28N2O3/c1-15-2-4-16(5-3-15)18(23)17-6-10-22(11-7-17)19(24)20(14-21)8-12-25-13-9-20/h2-5,17H,6-14,21H2,1H3. The minimum atomic E-state index is -0.466. The fraction of sp³-hybridized carbons (Fsp3) is 0.600. The number of ketones is 1. The Morgan fingerprint density at radius 1 is 1.16 bits per heavy atom. The minimum Gasteiger partial charge on any atom is -0.381 e. The van der Waals surface area contributed by atoms with E-state index in [1.54, 1.807) is 0 Å². The van der Waals surface area contributed by atoms with Crippen molar-refractivity contribution in [3.63, 3.8) is 0 Å². The van der Waals surface area contributed by atoms with Gasteiger partial charge in [-0.15, -0.1) is 0 Å². The number of carbonyl (C=O) groups is 2. The molecule has 0 atom stereocenters. The summed E-state index contributed by atoms with van der Waals surface area (Å²) < 4.78 is 5.40. The molecule has 0 unspecified atom stereocenters. The third kappa shape index (κ3) is 3.77. The van der Waals surface area contributed by atoms with Crippen molar-refractivity contribution < 1.29 is 14.3 Å². The molecule has 2 heterocycles. The second-order valence-electron chi connectivity index (χ2n) is 7.39. The van der Waals surface area contributed by atoms with Crippen LogP contribution in [0.15, 0.2) is 24.3 Å². The zero-order valence-electron chi connectivity index (χ0n) is 15.0. The van der Waals surface area contributed by atoms with Gasteiger partial charge in [-0.05, 0) is 32.6 Å². The number of ether oxygens (including phenoxy) is 1. The Labute approximate surface area is 149 Å². The lowest BCUT2D eigenvalue weighted by Gasteiger charge is -2.41. The second kappa shape index (κ2) is 7.67. The van der Waals surface area contributed by atoms with Gasteiger partial charge in [0.2, 0.25) is 5.91 Å². The van der Waals surface area contributed by atoms with Crippen LogP contribution in [0, 0.1) is 18.3 Å². The van der Waals surface area contributed by atoms with Gasteiger partial charge in [-0.2, -0.15) is 0 Å². The number of carbonyl (C=O) groups excluding carboxylic acids is 2. The Kier molecular flexibility index (Phi) is 5.54. The van der Waals surface area contributed by atoms with Gasteiger partial charge in [-0.25, -0.2) is 0 Å². The fourth-order valence-corrected chi connectivity index (χ4v) is 3.90. The zero-order valence-corrected chi connectivity index (χ0v) is 15.0. The molecular weight excluding hydrogens is 316 g/mol. The Hall–Kier alpha value is -1.72. The van der Waals surface area contributed by atoms with Crippen LogP contribution in [0.1, 0.15) is 41.6 Å². The number of rotatable bonds is 4. The zero-order chi connectivity index (χ0) is 17.9. The number of nitrogens with zero attached hydrogens (tertiary/aromatic N) is 1. The van der Waals surface area contributed by atoms with Gasteiger partial charge in [0, 0.05) is 44.3 Å². The van der Waals surface area contributed by atoms with Gasteiger partial charge in [0.05, 0.1) is 5.41 Å². The van der Waals surface area contributed by atoms with Crippen LogP contribution in [0.2, 0.25) is 0 Å². The predicted octanol–water partition coefficient (Wildman–Crippen LogP) is 2.17. The molecule has 136 valence electrons. The average Bonchev–Trinajstić information content (AvgIpc) is 2.68. The highest BCUT2D eigenvalue weighted by atomic mass is 16.5. The smallest absolute Gasteiger partial charge is 0.230 e. The lowest BCUT2D eigenvalue weighted by atomic mass is 9.78. The van der Waals surface area contributed by atoms with Crippen LogP contribution in [0.5, 0.6) is 0 Å². The lowest BCUT2D eigenvalue weighted by molar-refractivity contribution is -0.148. The van der Waals surface area contributed by atoms with Crippen molar-refractivity contribution in [2.75, 3.05) is 32.8 Å². The van der Waals surface area contributed by atoms with Crippen LogP contribution in [0.3, 0.4) is 0 Å². The molecule has 2 aliphatic rings. The number of hydrogen-bond donors (Lipinski definition) is 1. The Morgan fingerprint density at radius 2 is 1.76 bits per heavy atom. The molecule has 2 saturated heterocycles. The summed E-state index contributed by atoms with van der Waals surface area (Å²) in [6, 6.07) is 7.76. The molecule has 5 nitrogen and oxygen atoms in total. The molecule has 0 spiro atoms. The lowest BCUT2D eigenvalue weighted by Crippen LogP contribution is -2.53. The van der Waals surface area contributed by atoms with Crippen molar-refractivity contribution in [1.29, 1.82) is 0 Å². The molecule has 1 aromatic carbocycles. The molecule has 2 N–H and O–H groups in total. The van der Waals surface area contributed by atoms with Gasteiger partial charge in [0.25, 0.3) is 0 Å². The van der Waals surface area contributed by atoms with E-state index in [9.17, 15) is 9.59 Å². The number of piperidine rings is 1. The first-order chi connectivity index (χ1) is 12.1. The largest absolute Gasteiger partial charge is 0.381 e. The van der Waals surface area contributed by atoms with E-state index in [0.29, 0.717) is 45.7 Å². The van der Waals surface area contributed by atoms with E-state index < -0.39 is 5.41 Å². The maximum atomic E-state index is 13.0. The van der Waals surface area contributed by atoms with Crippen LogP contribution in [0.25, 0.3) is 0 Å². The minimum absolute atomic E-state index is 0.00951. The summed E-state index contributed by atoms with van der Waals surface area (Å²) in [5.74, 6) is 0.363. The van der Waals surface area contributed by atoms with E-state index in [1.807, 2.05) is 36.1 Å². The number of benzene rings is 1. The summed E-state index contributed by atoms with van der Waals surface area (Å²) >= 11 is 0. The highest BCUT2D eigenvalue weighted by molar-refractivity contribution is 5.98. The molecule has 1 amide bonds. The number of nitrogens with two attached hydrogens (primary N) is 1. The van der Waals surface area contributed by atoms with E-state index in [-0.39, 0.29) is 17.6 Å². The Balaban J connectivity index is 1.60. The number of likely N-dealkylation sites (tertiary alicyclic amines) is 1. The summed E-state index contributed by atoms with van der Waals surface area (Å²) in [6.45, 7) is 4.88. The van der Waals surface area contributed by atoms with Gasteiger partial charge in [0.1, 0.15) is 0 Å². The van der Waals surface area contributed by atoms with E-state index in [0.717, 1.165) is 24.0 Å². The molecule has 2 fully saturated rings. The molecule has 0 aromatic heterocycles. The summed E-state index contributed by atoms with van der Waals surface area (Å²) in [5.41, 5.74) is 7.42. The van der Waals surface area contributed by atoms with E-state index in [2.05, 4.69) is 0 Å². The van der Waals surface area contributed by atoms with Gasteiger partial charge in [0.15, 0.2) is 5.78 Å². The van der Waals surface area contributed by atoms with E-state index >= 15 is 0 Å². The molecule has 0 bridgehead atoms. The van der Waals surface area contributed by atoms with Gasteiger partial charge in [-0.1, -0.05) is 29.8 Å². The number of aryl methyl sites for hydroxylation is 1. The van der Waals surface area contributed by atoms with Crippen molar-refractivity contribution in [2.24, 2.45) is 17.1 Å². The highest BCUT2D eigenvalue weighted by Gasteiger charge is 2.42. The van der Waals surface area contributed by atoms with Crippen molar-refractivity contribution >= 4 is 11.7 Å². The third-order valence-electron chi connectivity index (χ3n) is 5.78. The van der Waals surface area contributed by atoms with Crippen LogP contribution in [-0.2, 0) is 9.53 Å². The first-order valence-corrected chi connectivity index (χ1v) is 9.24. The SMILES string of the molecule is Cc1ccc(C(=O)C2CCN(C(=O)C3(CN)CCOCC3)CC2)cc1. The Bertz CT molecular complexity index is 612. The van der Waals surface area contributed by atoms with E-state index in [1.165, 1.54) is 0 Å². The van der Waals surface area contributed by atoms with Crippen molar-refractivity contribution in [3.8, 4) is 0 Å². The van der Waals surface area contributed by atoms with Crippen molar-refractivity contribution in [2.45, 2.75) is 32.6 Å². The maximum Gasteiger partial charge on any atom is 0.230 e. The molecule has 2 aliphatic heterocycles. The molecule has 0 saturated carbocycles. The average molecular weight is 344 g/mol. The van der Waals surface area contributed by atoms with E-state index in [4.69, 9.17) is 10.5 Å². The molecule has 0 aliphatic carbocycles. The van der Waals surface area contributed by atoms with Gasteiger partial charge >= 0.3 is 0 Å². The van der Waals surface area contributed by atoms with Crippen LogP contribution in [-0.4, -0.2) is 49.4 Å².